The topological polar surface area (TPSA) is 72.9 Å². The van der Waals surface area contributed by atoms with Crippen molar-refractivity contribution < 1.29 is 14.7 Å². The Bertz CT molecular complexity index is 1540. The average molecular weight is 684 g/mol. The van der Waals surface area contributed by atoms with E-state index in [2.05, 4.69) is 64.4 Å². The number of hydrogen-bond donors (Lipinski definition) is 2. The highest BCUT2D eigenvalue weighted by molar-refractivity contribution is 5.88. The minimum Gasteiger partial charge on any atom is -0.478 e. The molecule has 6 heteroatoms. The number of benzene rings is 1. The number of nitrogens with one attached hydrogen (secondary N) is 1. The number of aromatic carboxylic acids is 1. The van der Waals surface area contributed by atoms with Crippen LogP contribution in [0.2, 0.25) is 0 Å². The Kier molecular flexibility index (Phi) is 9.06. The zero-order valence-electron chi connectivity index (χ0n) is 32.2. The molecule has 50 heavy (non-hydrogen) atoms. The lowest BCUT2D eigenvalue weighted by Gasteiger charge is -2.72. The SMILES string of the molecule is C=C(C)C1CCC2(NCCN3CCN(C(C)=O)CC3)CCC3(C)C(CCC4C5(C)CC=C(c6ccc(C(=O)O)cc6)C(C)(C)C5CCC43C)C12. The lowest BCUT2D eigenvalue weighted by Crippen LogP contribution is -2.68. The Hall–Kier alpha value is -2.44. The molecule has 1 aromatic carbocycles. The maximum Gasteiger partial charge on any atom is 0.335 e. The average Bonchev–Trinajstić information content (AvgIpc) is 3.45. The fourth-order valence-electron chi connectivity index (χ4n) is 14.1. The molecule has 0 bridgehead atoms. The lowest BCUT2D eigenvalue weighted by atomic mass is 9.33. The summed E-state index contributed by atoms with van der Waals surface area (Å²) in [5, 5.41) is 13.8. The van der Waals surface area contributed by atoms with E-state index in [1.165, 1.54) is 68.1 Å². The molecule has 7 rings (SSSR count). The number of carbonyl (C=O) groups excluding carboxylic acids is 1. The molecule has 9 atom stereocenters. The molecule has 5 aliphatic carbocycles. The van der Waals surface area contributed by atoms with Crippen LogP contribution in [-0.4, -0.2) is 71.6 Å². The highest BCUT2D eigenvalue weighted by Gasteiger charge is 2.70. The number of carboxylic acid groups (broad SMARTS) is 1. The van der Waals surface area contributed by atoms with Gasteiger partial charge in [-0.15, -0.1) is 0 Å². The largest absolute Gasteiger partial charge is 0.478 e. The minimum absolute atomic E-state index is 0.0255. The summed E-state index contributed by atoms with van der Waals surface area (Å²) in [5.41, 5.74) is 5.44. The number of fused-ring (bicyclic) bond motifs is 7. The van der Waals surface area contributed by atoms with Crippen molar-refractivity contribution >= 4 is 17.4 Å². The predicted octanol–water partition coefficient (Wildman–Crippen LogP) is 8.54. The zero-order valence-corrected chi connectivity index (χ0v) is 32.2. The van der Waals surface area contributed by atoms with Crippen molar-refractivity contribution in [3.8, 4) is 0 Å². The first-order chi connectivity index (χ1) is 23.6. The normalized spacial score (nSPS) is 40.9. The van der Waals surface area contributed by atoms with Crippen LogP contribution in [0.5, 0.6) is 0 Å². The van der Waals surface area contributed by atoms with Gasteiger partial charge in [0.2, 0.25) is 5.91 Å². The van der Waals surface area contributed by atoms with Crippen LogP contribution >= 0.6 is 0 Å². The Balaban J connectivity index is 1.13. The molecule has 0 aromatic heterocycles. The first-order valence-electron chi connectivity index (χ1n) is 20.0. The lowest BCUT2D eigenvalue weighted by molar-refractivity contribution is -0.219. The van der Waals surface area contributed by atoms with Crippen molar-refractivity contribution in [3.05, 3.63) is 53.6 Å². The summed E-state index contributed by atoms with van der Waals surface area (Å²) >= 11 is 0. The van der Waals surface area contributed by atoms with Gasteiger partial charge in [0.15, 0.2) is 0 Å². The Morgan fingerprint density at radius 3 is 2.20 bits per heavy atom. The second-order valence-corrected chi connectivity index (χ2v) is 19.0. The predicted molar refractivity (Wildman–Crippen MR) is 203 cm³/mol. The van der Waals surface area contributed by atoms with Crippen molar-refractivity contribution in [1.82, 2.24) is 15.1 Å². The van der Waals surface area contributed by atoms with Crippen LogP contribution < -0.4 is 5.32 Å². The van der Waals surface area contributed by atoms with Crippen LogP contribution in [0.15, 0.2) is 42.5 Å². The van der Waals surface area contributed by atoms with E-state index in [9.17, 15) is 14.7 Å². The van der Waals surface area contributed by atoms with Gasteiger partial charge >= 0.3 is 5.97 Å². The van der Waals surface area contributed by atoms with E-state index in [1.807, 2.05) is 17.0 Å². The van der Waals surface area contributed by atoms with Crippen molar-refractivity contribution in [2.24, 2.45) is 51.2 Å². The summed E-state index contributed by atoms with van der Waals surface area (Å²) in [6.07, 6.45) is 14.0. The number of piperazine rings is 1. The van der Waals surface area contributed by atoms with Gasteiger partial charge in [0.05, 0.1) is 5.56 Å². The number of carboxylic acids is 1. The van der Waals surface area contributed by atoms with Crippen molar-refractivity contribution in [2.45, 2.75) is 112 Å². The molecule has 9 unspecified atom stereocenters. The van der Waals surface area contributed by atoms with E-state index >= 15 is 0 Å². The third kappa shape index (κ3) is 5.39. The van der Waals surface area contributed by atoms with Gasteiger partial charge in [-0.2, -0.15) is 0 Å². The highest BCUT2D eigenvalue weighted by Crippen LogP contribution is 2.76. The second-order valence-electron chi connectivity index (χ2n) is 19.0. The number of hydrogen-bond acceptors (Lipinski definition) is 4. The maximum atomic E-state index is 11.9. The molecule has 0 spiro atoms. The summed E-state index contributed by atoms with van der Waals surface area (Å²) in [6.45, 7) is 27.5. The van der Waals surface area contributed by atoms with Gasteiger partial charge in [-0.1, -0.05) is 65.0 Å². The summed E-state index contributed by atoms with van der Waals surface area (Å²) in [5.74, 6) is 2.61. The molecule has 1 aromatic rings. The van der Waals surface area contributed by atoms with Crippen molar-refractivity contribution in [1.29, 1.82) is 0 Å². The fraction of sp³-hybridized carbons (Fsp3) is 0.727. The smallest absolute Gasteiger partial charge is 0.335 e. The molecular weight excluding hydrogens is 619 g/mol. The molecule has 0 radical (unpaired) electrons. The van der Waals surface area contributed by atoms with Crippen LogP contribution in [0.25, 0.3) is 5.57 Å². The Morgan fingerprint density at radius 1 is 0.860 bits per heavy atom. The van der Waals surface area contributed by atoms with E-state index < -0.39 is 5.97 Å². The van der Waals surface area contributed by atoms with Crippen LogP contribution in [0.4, 0.5) is 0 Å². The van der Waals surface area contributed by atoms with Gasteiger partial charge in [0, 0.05) is 51.7 Å². The third-order valence-electron chi connectivity index (χ3n) is 16.8. The van der Waals surface area contributed by atoms with Crippen LogP contribution in [-0.2, 0) is 4.79 Å². The fourth-order valence-corrected chi connectivity index (χ4v) is 14.1. The van der Waals surface area contributed by atoms with E-state index in [-0.39, 0.29) is 22.3 Å². The first-order valence-corrected chi connectivity index (χ1v) is 20.0. The van der Waals surface area contributed by atoms with Gasteiger partial charge in [0.1, 0.15) is 0 Å². The van der Waals surface area contributed by atoms with E-state index in [1.54, 1.807) is 19.1 Å². The van der Waals surface area contributed by atoms with Crippen LogP contribution in [0.3, 0.4) is 0 Å². The summed E-state index contributed by atoms with van der Waals surface area (Å²) in [4.78, 5) is 28.0. The molecule has 2 N–H and O–H groups in total. The van der Waals surface area contributed by atoms with Gasteiger partial charge in [-0.3, -0.25) is 9.69 Å². The molecule has 4 saturated carbocycles. The summed E-state index contributed by atoms with van der Waals surface area (Å²) in [7, 11) is 0. The molecule has 1 saturated heterocycles. The zero-order chi connectivity index (χ0) is 35.9. The first kappa shape index (κ1) is 35.9. The highest BCUT2D eigenvalue weighted by atomic mass is 16.4. The number of allylic oxidation sites excluding steroid dienone is 3. The van der Waals surface area contributed by atoms with Gasteiger partial charge in [-0.25, -0.2) is 4.79 Å². The van der Waals surface area contributed by atoms with Crippen LogP contribution in [0.1, 0.15) is 122 Å². The van der Waals surface area contributed by atoms with Crippen LogP contribution in [0, 0.1) is 51.2 Å². The van der Waals surface area contributed by atoms with Crippen molar-refractivity contribution in [3.63, 3.8) is 0 Å². The molecule has 274 valence electrons. The Labute approximate surface area is 302 Å². The Morgan fingerprint density at radius 2 is 1.56 bits per heavy atom. The number of nitrogens with zero attached hydrogens (tertiary/aromatic N) is 2. The molecule has 1 heterocycles. The molecule has 1 amide bonds. The minimum atomic E-state index is -0.861. The van der Waals surface area contributed by atoms with E-state index in [0.717, 1.165) is 45.7 Å². The van der Waals surface area contributed by atoms with Crippen molar-refractivity contribution in [2.75, 3.05) is 39.3 Å². The van der Waals surface area contributed by atoms with Gasteiger partial charge in [-0.05, 0) is 139 Å². The third-order valence-corrected chi connectivity index (χ3v) is 16.8. The summed E-state index contributed by atoms with van der Waals surface area (Å²) < 4.78 is 0. The maximum absolute atomic E-state index is 11.9. The van der Waals surface area contributed by atoms with E-state index in [4.69, 9.17) is 0 Å². The second kappa shape index (κ2) is 12.6. The summed E-state index contributed by atoms with van der Waals surface area (Å²) in [6, 6.07) is 7.63. The molecule has 6 aliphatic rings. The molecule has 5 fully saturated rings. The van der Waals surface area contributed by atoms with E-state index in [0.29, 0.717) is 46.0 Å². The monoisotopic (exact) mass is 684 g/mol. The molecular formula is C44H65N3O3. The standard InChI is InChI=1S/C44H65N3O3/c1-29(2)33-15-20-44(45-23-24-46-25-27-47(28-26-46)30(3)48)22-21-42(7)35(38(33)44)13-14-37-41(6)18-16-34(31-9-11-32(12-10-31)39(49)50)40(4,5)36(41)17-19-43(37,42)8/h9-12,16,33,35-38,45H,1,13-15,17-28H2,2-8H3,(H,49,50). The molecule has 1 aliphatic heterocycles. The molecule has 6 nitrogen and oxygen atoms in total. The quantitative estimate of drug-likeness (QED) is 0.282. The number of amides is 1. The number of carbonyl (C=O) groups is 2. The van der Waals surface area contributed by atoms with Gasteiger partial charge < -0.3 is 15.3 Å². The number of rotatable bonds is 7. The van der Waals surface area contributed by atoms with Gasteiger partial charge in [0.25, 0.3) is 0 Å².